The summed E-state index contributed by atoms with van der Waals surface area (Å²) in [5.41, 5.74) is 0.831. The van der Waals surface area contributed by atoms with E-state index in [0.29, 0.717) is 0 Å². The second-order valence-corrected chi connectivity index (χ2v) is 5.56. The Hall–Kier alpha value is -0.970. The van der Waals surface area contributed by atoms with Crippen molar-refractivity contribution >= 4 is 17.2 Å². The van der Waals surface area contributed by atoms with Crippen LogP contribution in [0.4, 0.5) is 0 Å². The molecular formula is C8H13N3OS. The zero-order chi connectivity index (χ0) is 9.90. The van der Waals surface area contributed by atoms with E-state index in [1.807, 2.05) is 20.8 Å². The highest BCUT2D eigenvalue weighted by Gasteiger charge is 2.17. The maximum atomic E-state index is 11.4. The summed E-state index contributed by atoms with van der Waals surface area (Å²) in [7, 11) is -1.19. The molecule has 1 atom stereocenters. The quantitative estimate of drug-likeness (QED) is 0.730. The van der Waals surface area contributed by atoms with Crippen molar-refractivity contribution in [1.82, 2.24) is 10.2 Å². The zero-order valence-corrected chi connectivity index (χ0v) is 8.76. The molecule has 1 aromatic rings. The molecule has 0 saturated carbocycles. The number of hydrogen-bond donors (Lipinski definition) is 1. The minimum atomic E-state index is -1.19. The summed E-state index contributed by atoms with van der Waals surface area (Å²) in [6.07, 6.45) is 4.89. The van der Waals surface area contributed by atoms with Gasteiger partial charge in [-0.25, -0.2) is 4.21 Å². The molecule has 72 valence electrons. The summed E-state index contributed by atoms with van der Waals surface area (Å²) in [5.74, 6) is 0. The highest BCUT2D eigenvalue weighted by atomic mass is 32.2. The monoisotopic (exact) mass is 199 g/mol. The van der Waals surface area contributed by atoms with E-state index in [4.69, 9.17) is 0 Å². The van der Waals surface area contributed by atoms with Crippen LogP contribution in [-0.2, 0) is 11.0 Å². The molecule has 0 saturated heterocycles. The Morgan fingerprint density at radius 1 is 1.62 bits per heavy atom. The van der Waals surface area contributed by atoms with Gasteiger partial charge in [0, 0.05) is 18.0 Å². The lowest BCUT2D eigenvalue weighted by Crippen LogP contribution is -2.19. The Bertz CT molecular complexity index is 311. The third-order valence-electron chi connectivity index (χ3n) is 1.34. The summed E-state index contributed by atoms with van der Waals surface area (Å²) in [6.45, 7) is 5.65. The minimum absolute atomic E-state index is 0.305. The Labute approximate surface area is 80.1 Å². The fraction of sp³-hybridized carbons (Fsp3) is 0.500. The van der Waals surface area contributed by atoms with Gasteiger partial charge in [0.05, 0.1) is 10.9 Å². The van der Waals surface area contributed by atoms with Gasteiger partial charge in [0.15, 0.2) is 0 Å². The zero-order valence-electron chi connectivity index (χ0n) is 7.94. The van der Waals surface area contributed by atoms with Crippen molar-refractivity contribution < 1.29 is 4.21 Å². The Morgan fingerprint density at radius 2 is 2.31 bits per heavy atom. The molecule has 0 aliphatic heterocycles. The van der Waals surface area contributed by atoms with Crippen molar-refractivity contribution in [2.45, 2.75) is 25.5 Å². The molecule has 0 amide bonds. The van der Waals surface area contributed by atoms with Crippen LogP contribution >= 0.6 is 0 Å². The maximum absolute atomic E-state index is 11.4. The minimum Gasteiger partial charge on any atom is -0.285 e. The van der Waals surface area contributed by atoms with Crippen molar-refractivity contribution in [3.8, 4) is 0 Å². The summed E-state index contributed by atoms with van der Waals surface area (Å²) in [6, 6.07) is 0. The first-order valence-corrected chi connectivity index (χ1v) is 5.05. The van der Waals surface area contributed by atoms with Crippen LogP contribution in [0.25, 0.3) is 0 Å². The Morgan fingerprint density at radius 3 is 2.77 bits per heavy atom. The van der Waals surface area contributed by atoms with E-state index in [0.717, 1.165) is 5.56 Å². The average Bonchev–Trinajstić information content (AvgIpc) is 2.50. The SMILES string of the molecule is CC(C)(C)[S@@](=O)N=Cc1cn[nH]c1. The molecule has 0 radical (unpaired) electrons. The molecule has 0 fully saturated rings. The summed E-state index contributed by atoms with van der Waals surface area (Å²) < 4.78 is 15.1. The summed E-state index contributed by atoms with van der Waals surface area (Å²) >= 11 is 0. The molecular weight excluding hydrogens is 186 g/mol. The van der Waals surface area contributed by atoms with Crippen LogP contribution in [0.5, 0.6) is 0 Å². The average molecular weight is 199 g/mol. The molecule has 13 heavy (non-hydrogen) atoms. The van der Waals surface area contributed by atoms with E-state index in [1.165, 1.54) is 0 Å². The lowest BCUT2D eigenvalue weighted by molar-refractivity contribution is 0.651. The first-order chi connectivity index (χ1) is 6.00. The predicted octanol–water partition coefficient (Wildman–Crippen LogP) is 1.29. The van der Waals surface area contributed by atoms with Crippen LogP contribution < -0.4 is 0 Å². The van der Waals surface area contributed by atoms with Gasteiger partial charge in [-0.1, -0.05) is 0 Å². The van der Waals surface area contributed by atoms with E-state index in [9.17, 15) is 4.21 Å². The molecule has 0 aromatic carbocycles. The van der Waals surface area contributed by atoms with Gasteiger partial charge in [-0.15, -0.1) is 0 Å². The van der Waals surface area contributed by atoms with Gasteiger partial charge in [0.25, 0.3) is 0 Å². The van der Waals surface area contributed by atoms with E-state index in [2.05, 4.69) is 14.6 Å². The van der Waals surface area contributed by atoms with Gasteiger partial charge in [0.1, 0.15) is 11.0 Å². The molecule has 0 spiro atoms. The smallest absolute Gasteiger partial charge is 0.144 e. The van der Waals surface area contributed by atoms with Gasteiger partial charge in [-0.3, -0.25) is 5.10 Å². The number of nitrogens with zero attached hydrogens (tertiary/aromatic N) is 2. The number of H-pyrrole nitrogens is 1. The van der Waals surface area contributed by atoms with Crippen molar-refractivity contribution in [1.29, 1.82) is 0 Å². The summed E-state index contributed by atoms with van der Waals surface area (Å²) in [5, 5.41) is 6.40. The summed E-state index contributed by atoms with van der Waals surface area (Å²) in [4.78, 5) is 0. The molecule has 4 nitrogen and oxygen atoms in total. The van der Waals surface area contributed by atoms with Gasteiger partial charge < -0.3 is 0 Å². The second-order valence-electron chi connectivity index (χ2n) is 3.63. The molecule has 0 aliphatic carbocycles. The largest absolute Gasteiger partial charge is 0.285 e. The number of aromatic nitrogens is 2. The van der Waals surface area contributed by atoms with Gasteiger partial charge >= 0.3 is 0 Å². The molecule has 0 aliphatic rings. The third kappa shape index (κ3) is 3.10. The topological polar surface area (TPSA) is 58.1 Å². The van der Waals surface area contributed by atoms with E-state index < -0.39 is 11.0 Å². The van der Waals surface area contributed by atoms with Crippen molar-refractivity contribution in [3.63, 3.8) is 0 Å². The van der Waals surface area contributed by atoms with Crippen LogP contribution in [0.2, 0.25) is 0 Å². The normalized spacial score (nSPS) is 15.0. The van der Waals surface area contributed by atoms with Crippen molar-refractivity contribution in [2.75, 3.05) is 0 Å². The predicted molar refractivity (Wildman–Crippen MR) is 54.1 cm³/mol. The molecule has 1 heterocycles. The first kappa shape index (κ1) is 10.1. The third-order valence-corrected chi connectivity index (χ3v) is 2.69. The van der Waals surface area contributed by atoms with E-state index in [-0.39, 0.29) is 4.75 Å². The molecule has 1 aromatic heterocycles. The number of aromatic amines is 1. The van der Waals surface area contributed by atoms with Crippen molar-refractivity contribution in [2.24, 2.45) is 4.40 Å². The van der Waals surface area contributed by atoms with Crippen LogP contribution in [0.1, 0.15) is 26.3 Å². The number of rotatable bonds is 2. The van der Waals surface area contributed by atoms with Gasteiger partial charge in [-0.05, 0) is 20.8 Å². The van der Waals surface area contributed by atoms with Gasteiger partial charge in [0.2, 0.25) is 0 Å². The molecule has 0 unspecified atom stereocenters. The van der Waals surface area contributed by atoms with Gasteiger partial charge in [-0.2, -0.15) is 9.50 Å². The molecule has 1 N–H and O–H groups in total. The molecule has 5 heteroatoms. The van der Waals surface area contributed by atoms with E-state index >= 15 is 0 Å². The van der Waals surface area contributed by atoms with Crippen molar-refractivity contribution in [3.05, 3.63) is 18.0 Å². The Balaban J connectivity index is 2.65. The molecule has 1 rings (SSSR count). The first-order valence-electron chi connectivity index (χ1n) is 3.95. The lowest BCUT2D eigenvalue weighted by atomic mass is 10.3. The second kappa shape index (κ2) is 3.83. The highest BCUT2D eigenvalue weighted by molar-refractivity contribution is 7.85. The van der Waals surface area contributed by atoms with Crippen LogP contribution in [0.15, 0.2) is 16.8 Å². The fourth-order valence-corrected chi connectivity index (χ4v) is 1.13. The van der Waals surface area contributed by atoms with Crippen LogP contribution in [-0.4, -0.2) is 25.4 Å². The maximum Gasteiger partial charge on any atom is 0.144 e. The van der Waals surface area contributed by atoms with Crippen LogP contribution in [0.3, 0.4) is 0 Å². The van der Waals surface area contributed by atoms with E-state index in [1.54, 1.807) is 18.6 Å². The number of hydrogen-bond acceptors (Lipinski definition) is 2. The lowest BCUT2D eigenvalue weighted by Gasteiger charge is -2.12. The standard InChI is InChI=1S/C8H13N3OS/c1-8(2,3)13(12)11-6-7-4-9-10-5-7/h4-6H,1-3H3,(H,9,10)/t13-/m1/s1. The molecule has 0 bridgehead atoms. The van der Waals surface area contributed by atoms with Crippen LogP contribution in [0, 0.1) is 0 Å². The fourth-order valence-electron chi connectivity index (χ4n) is 0.598. The Kier molecular flexibility index (Phi) is 2.98. The number of nitrogens with one attached hydrogen (secondary N) is 1. The highest BCUT2D eigenvalue weighted by Crippen LogP contribution is 2.11.